The molecule has 2 atom stereocenters. The van der Waals surface area contributed by atoms with Gasteiger partial charge in [-0.1, -0.05) is 33.1 Å². The minimum Gasteiger partial charge on any atom is -0.491 e. The van der Waals surface area contributed by atoms with Gasteiger partial charge in [-0.2, -0.15) is 0 Å². The molecule has 2 unspecified atom stereocenters. The van der Waals surface area contributed by atoms with Crippen molar-refractivity contribution in [3.05, 3.63) is 26.6 Å². The first-order chi connectivity index (χ1) is 9.97. The van der Waals surface area contributed by atoms with E-state index in [-0.39, 0.29) is 6.04 Å². The molecule has 0 heterocycles. The van der Waals surface area contributed by atoms with Crippen LogP contribution in [0.5, 0.6) is 5.75 Å². The van der Waals surface area contributed by atoms with Gasteiger partial charge in [0, 0.05) is 6.04 Å². The van der Waals surface area contributed by atoms with Gasteiger partial charge in [-0.3, -0.25) is 0 Å². The number of ether oxygens (including phenoxy) is 1. The van der Waals surface area contributed by atoms with Crippen molar-refractivity contribution < 1.29 is 4.74 Å². The van der Waals surface area contributed by atoms with E-state index in [2.05, 4.69) is 57.8 Å². The number of halogens is 2. The van der Waals surface area contributed by atoms with Crippen LogP contribution in [0, 0.1) is 5.92 Å². The fraction of sp³-hybridized carbons (Fsp3) is 0.647. The van der Waals surface area contributed by atoms with E-state index in [1.165, 1.54) is 24.8 Å². The summed E-state index contributed by atoms with van der Waals surface area (Å²) in [5.74, 6) is 1.53. The lowest BCUT2D eigenvalue weighted by Gasteiger charge is -2.18. The third-order valence-corrected chi connectivity index (χ3v) is 4.80. The van der Waals surface area contributed by atoms with Gasteiger partial charge >= 0.3 is 0 Å². The molecular weight excluding hydrogens is 394 g/mol. The Kier molecular flexibility index (Phi) is 8.91. The molecular formula is C17H27Br2NO. The summed E-state index contributed by atoms with van der Waals surface area (Å²) in [6, 6.07) is 4.38. The third-order valence-electron chi connectivity index (χ3n) is 3.62. The van der Waals surface area contributed by atoms with Gasteiger partial charge in [-0.05, 0) is 75.2 Å². The van der Waals surface area contributed by atoms with Crippen LogP contribution in [0.25, 0.3) is 0 Å². The second kappa shape index (κ2) is 9.86. The monoisotopic (exact) mass is 419 g/mol. The summed E-state index contributed by atoms with van der Waals surface area (Å²) >= 11 is 7.23. The van der Waals surface area contributed by atoms with E-state index in [4.69, 9.17) is 10.5 Å². The summed E-state index contributed by atoms with van der Waals surface area (Å²) in [6.45, 7) is 7.27. The fourth-order valence-electron chi connectivity index (χ4n) is 2.34. The molecule has 1 rings (SSSR count). The molecule has 0 aliphatic carbocycles. The number of hydrogen-bond donors (Lipinski definition) is 1. The molecule has 0 spiro atoms. The molecule has 0 aromatic heterocycles. The minimum atomic E-state index is 0.161. The maximum atomic E-state index is 6.05. The van der Waals surface area contributed by atoms with Crippen LogP contribution in [0.4, 0.5) is 0 Å². The molecule has 0 aliphatic rings. The molecule has 0 aliphatic heterocycles. The van der Waals surface area contributed by atoms with E-state index < -0.39 is 0 Å². The highest BCUT2D eigenvalue weighted by Gasteiger charge is 2.13. The Morgan fingerprint density at radius 3 is 2.29 bits per heavy atom. The number of hydrogen-bond acceptors (Lipinski definition) is 2. The predicted octanol–water partition coefficient (Wildman–Crippen LogP) is 5.70. The molecule has 0 saturated heterocycles. The highest BCUT2D eigenvalue weighted by molar-refractivity contribution is 9.11. The van der Waals surface area contributed by atoms with Crippen molar-refractivity contribution in [1.29, 1.82) is 0 Å². The van der Waals surface area contributed by atoms with Crippen LogP contribution in [0.3, 0.4) is 0 Å². The Hall–Kier alpha value is -0.0600. The zero-order valence-corrected chi connectivity index (χ0v) is 16.5. The van der Waals surface area contributed by atoms with Crippen LogP contribution in [0.1, 0.15) is 52.0 Å². The summed E-state index contributed by atoms with van der Waals surface area (Å²) in [7, 11) is 0. The molecule has 120 valence electrons. The molecule has 0 amide bonds. The lowest BCUT2D eigenvalue weighted by atomic mass is 10.0. The topological polar surface area (TPSA) is 35.2 Å². The van der Waals surface area contributed by atoms with Crippen molar-refractivity contribution in [3.63, 3.8) is 0 Å². The second-order valence-corrected chi connectivity index (χ2v) is 7.51. The molecule has 2 nitrogen and oxygen atoms in total. The summed E-state index contributed by atoms with van der Waals surface area (Å²) in [4.78, 5) is 0. The third kappa shape index (κ3) is 6.70. The average Bonchev–Trinajstić information content (AvgIpc) is 2.40. The van der Waals surface area contributed by atoms with Gasteiger partial charge in [0.15, 0.2) is 0 Å². The Morgan fingerprint density at radius 1 is 1.19 bits per heavy atom. The van der Waals surface area contributed by atoms with Crippen LogP contribution in [0.15, 0.2) is 21.1 Å². The Balaban J connectivity index is 2.70. The highest BCUT2D eigenvalue weighted by Crippen LogP contribution is 2.35. The smallest absolute Gasteiger partial charge is 0.147 e. The maximum Gasteiger partial charge on any atom is 0.147 e. The molecule has 21 heavy (non-hydrogen) atoms. The lowest BCUT2D eigenvalue weighted by Crippen LogP contribution is -2.18. The summed E-state index contributed by atoms with van der Waals surface area (Å²) in [6.07, 6.45) is 5.79. The van der Waals surface area contributed by atoms with Crippen LogP contribution < -0.4 is 10.5 Å². The minimum absolute atomic E-state index is 0.161. The van der Waals surface area contributed by atoms with Crippen molar-refractivity contribution in [1.82, 2.24) is 0 Å². The van der Waals surface area contributed by atoms with E-state index in [1.807, 2.05) is 6.92 Å². The molecule has 1 aromatic rings. The average molecular weight is 421 g/mol. The van der Waals surface area contributed by atoms with Crippen LogP contribution in [0.2, 0.25) is 0 Å². The lowest BCUT2D eigenvalue weighted by molar-refractivity contribution is 0.231. The zero-order chi connectivity index (χ0) is 15.8. The highest BCUT2D eigenvalue weighted by atomic mass is 79.9. The first-order valence-corrected chi connectivity index (χ1v) is 9.42. The molecule has 0 bridgehead atoms. The molecule has 0 fully saturated rings. The van der Waals surface area contributed by atoms with Crippen LogP contribution >= 0.6 is 31.9 Å². The fourth-order valence-corrected chi connectivity index (χ4v) is 3.85. The zero-order valence-electron chi connectivity index (χ0n) is 13.3. The molecule has 1 aromatic carbocycles. The molecule has 0 saturated carbocycles. The Morgan fingerprint density at radius 2 is 1.81 bits per heavy atom. The number of benzene rings is 1. The van der Waals surface area contributed by atoms with Crippen LogP contribution in [-0.4, -0.2) is 12.6 Å². The molecule has 0 radical (unpaired) electrons. The first kappa shape index (κ1) is 19.0. The van der Waals surface area contributed by atoms with E-state index in [0.29, 0.717) is 5.92 Å². The Labute approximate surface area is 146 Å². The quantitative estimate of drug-likeness (QED) is 0.556. The molecule has 4 heteroatoms. The van der Waals surface area contributed by atoms with Crippen molar-refractivity contribution in [3.8, 4) is 5.75 Å². The van der Waals surface area contributed by atoms with Gasteiger partial charge in [0.1, 0.15) is 5.75 Å². The summed E-state index contributed by atoms with van der Waals surface area (Å²) in [5, 5.41) is 0. The van der Waals surface area contributed by atoms with E-state index in [0.717, 1.165) is 34.1 Å². The van der Waals surface area contributed by atoms with E-state index in [9.17, 15) is 0 Å². The van der Waals surface area contributed by atoms with Crippen LogP contribution in [-0.2, 0) is 6.42 Å². The van der Waals surface area contributed by atoms with Gasteiger partial charge in [-0.15, -0.1) is 0 Å². The summed E-state index contributed by atoms with van der Waals surface area (Å²) in [5.41, 5.74) is 7.08. The SMILES string of the molecule is CCCCC(CC)COc1c(Br)cc(CC(C)N)cc1Br. The Bertz CT molecular complexity index is 412. The van der Waals surface area contributed by atoms with E-state index in [1.54, 1.807) is 0 Å². The standard InChI is InChI=1S/C17H27Br2NO/c1-4-6-7-13(5-2)11-21-17-15(18)9-14(8-12(3)20)10-16(17)19/h9-10,12-13H,4-8,11,20H2,1-3H3. The number of rotatable bonds is 9. The predicted molar refractivity (Wildman–Crippen MR) is 98.0 cm³/mol. The summed E-state index contributed by atoms with van der Waals surface area (Å²) < 4.78 is 8.05. The van der Waals surface area contributed by atoms with Gasteiger partial charge < -0.3 is 10.5 Å². The van der Waals surface area contributed by atoms with E-state index >= 15 is 0 Å². The first-order valence-electron chi connectivity index (χ1n) is 7.84. The van der Waals surface area contributed by atoms with Crippen molar-refractivity contribution in [2.24, 2.45) is 11.7 Å². The van der Waals surface area contributed by atoms with Crippen molar-refractivity contribution >= 4 is 31.9 Å². The van der Waals surface area contributed by atoms with Gasteiger partial charge in [0.2, 0.25) is 0 Å². The maximum absolute atomic E-state index is 6.05. The molecule has 2 N–H and O–H groups in total. The number of unbranched alkanes of at least 4 members (excludes halogenated alkanes) is 1. The normalized spacial score (nSPS) is 14.0. The van der Waals surface area contributed by atoms with Gasteiger partial charge in [0.25, 0.3) is 0 Å². The van der Waals surface area contributed by atoms with Crippen molar-refractivity contribution in [2.75, 3.05) is 6.61 Å². The van der Waals surface area contributed by atoms with Crippen molar-refractivity contribution in [2.45, 2.75) is 58.9 Å². The second-order valence-electron chi connectivity index (χ2n) is 5.80. The van der Waals surface area contributed by atoms with Gasteiger partial charge in [0.05, 0.1) is 15.6 Å². The number of nitrogens with two attached hydrogens (primary N) is 1. The largest absolute Gasteiger partial charge is 0.491 e. The van der Waals surface area contributed by atoms with Gasteiger partial charge in [-0.25, -0.2) is 0 Å².